The van der Waals surface area contributed by atoms with Gasteiger partial charge in [-0.3, -0.25) is 0 Å². The average molecular weight is 321 g/mol. The topological polar surface area (TPSA) is 57.8 Å². The van der Waals surface area contributed by atoms with Gasteiger partial charge in [0.15, 0.2) is 5.82 Å². The number of nitrogens with zero attached hydrogens (tertiary/aromatic N) is 3. The van der Waals surface area contributed by atoms with Gasteiger partial charge in [-0.2, -0.15) is 0 Å². The number of hydrogen-bond acceptors (Lipinski definition) is 3. The second-order valence-corrected chi connectivity index (χ2v) is 7.19. The average Bonchev–Trinajstić information content (AvgIpc) is 3.16. The van der Waals surface area contributed by atoms with E-state index in [1.807, 2.05) is 18.3 Å². The molecule has 122 valence electrons. The van der Waals surface area contributed by atoms with Crippen molar-refractivity contribution >= 4 is 28.3 Å². The number of rotatable bonds is 2. The fraction of sp³-hybridized carbons (Fsp3) is 0.368. The minimum atomic E-state index is -0.915. The van der Waals surface area contributed by atoms with Crippen molar-refractivity contribution in [2.75, 3.05) is 18.0 Å². The minimum absolute atomic E-state index is 0.281. The number of benzene rings is 1. The predicted molar refractivity (Wildman–Crippen MR) is 92.8 cm³/mol. The zero-order valence-electron chi connectivity index (χ0n) is 13.4. The van der Waals surface area contributed by atoms with Gasteiger partial charge >= 0.3 is 5.97 Å². The van der Waals surface area contributed by atoms with E-state index in [2.05, 4.69) is 15.4 Å². The Kier molecular flexibility index (Phi) is 2.72. The first-order valence-corrected chi connectivity index (χ1v) is 8.54. The fourth-order valence-corrected chi connectivity index (χ4v) is 4.00. The molecule has 5 heteroatoms. The van der Waals surface area contributed by atoms with Gasteiger partial charge in [-0.15, -0.1) is 0 Å². The highest BCUT2D eigenvalue weighted by Gasteiger charge is 2.44. The number of hydrogen-bond donors (Lipinski definition) is 1. The van der Waals surface area contributed by atoms with Crippen molar-refractivity contribution in [1.82, 2.24) is 9.38 Å². The first kappa shape index (κ1) is 13.8. The first-order chi connectivity index (χ1) is 11.7. The number of anilines is 1. The summed E-state index contributed by atoms with van der Waals surface area (Å²) in [6, 6.07) is 9.28. The molecule has 0 atom stereocenters. The van der Waals surface area contributed by atoms with Crippen LogP contribution < -0.4 is 4.90 Å². The molecule has 0 radical (unpaired) electrons. The van der Waals surface area contributed by atoms with Gasteiger partial charge in [-0.1, -0.05) is 0 Å². The Morgan fingerprint density at radius 2 is 1.88 bits per heavy atom. The molecule has 1 aliphatic carbocycles. The van der Waals surface area contributed by atoms with Gasteiger partial charge in [0.25, 0.3) is 0 Å². The lowest BCUT2D eigenvalue weighted by Crippen LogP contribution is -2.35. The summed E-state index contributed by atoms with van der Waals surface area (Å²) in [7, 11) is 0. The molecule has 1 saturated heterocycles. The van der Waals surface area contributed by atoms with Crippen molar-refractivity contribution in [2.24, 2.45) is 5.41 Å². The van der Waals surface area contributed by atoms with Crippen LogP contribution in [0.1, 0.15) is 36.0 Å². The lowest BCUT2D eigenvalue weighted by atomic mass is 9.94. The Balaban J connectivity index is 1.65. The molecule has 1 aliphatic heterocycles. The van der Waals surface area contributed by atoms with Gasteiger partial charge < -0.3 is 14.4 Å². The zero-order valence-corrected chi connectivity index (χ0v) is 13.4. The molecule has 3 aromatic rings. The third kappa shape index (κ3) is 2.00. The largest absolute Gasteiger partial charge is 0.478 e. The summed E-state index contributed by atoms with van der Waals surface area (Å²) in [5.74, 6) is 0.0621. The Bertz CT molecular complexity index is 961. The third-order valence-corrected chi connectivity index (χ3v) is 5.77. The van der Waals surface area contributed by atoms with Crippen LogP contribution >= 0.6 is 0 Å². The van der Waals surface area contributed by atoms with Gasteiger partial charge in [-0.25, -0.2) is 9.78 Å². The molecule has 0 unspecified atom stereocenters. The summed E-state index contributed by atoms with van der Waals surface area (Å²) >= 11 is 0. The molecule has 5 nitrogen and oxygen atoms in total. The normalized spacial score (nSPS) is 19.2. The van der Waals surface area contributed by atoms with E-state index < -0.39 is 5.97 Å². The molecule has 2 aromatic heterocycles. The van der Waals surface area contributed by atoms with Crippen molar-refractivity contribution in [3.63, 3.8) is 0 Å². The Morgan fingerprint density at radius 3 is 2.58 bits per heavy atom. The fourth-order valence-electron chi connectivity index (χ4n) is 4.00. The molecule has 0 amide bonds. The highest BCUT2D eigenvalue weighted by molar-refractivity contribution is 5.94. The van der Waals surface area contributed by atoms with Crippen LogP contribution in [0, 0.1) is 5.41 Å². The van der Waals surface area contributed by atoms with Crippen molar-refractivity contribution in [3.05, 3.63) is 42.1 Å². The molecule has 0 bridgehead atoms. The molecule has 1 saturated carbocycles. The van der Waals surface area contributed by atoms with E-state index >= 15 is 0 Å². The Hall–Kier alpha value is -2.56. The van der Waals surface area contributed by atoms with Crippen LogP contribution in [0.25, 0.3) is 16.6 Å². The lowest BCUT2D eigenvalue weighted by molar-refractivity contribution is 0.0697. The van der Waals surface area contributed by atoms with Gasteiger partial charge in [0.1, 0.15) is 0 Å². The van der Waals surface area contributed by atoms with Gasteiger partial charge in [0, 0.05) is 19.3 Å². The molecule has 3 heterocycles. The first-order valence-electron chi connectivity index (χ1n) is 8.54. The summed E-state index contributed by atoms with van der Waals surface area (Å²) < 4.78 is 2.12. The van der Waals surface area contributed by atoms with Gasteiger partial charge in [0.05, 0.1) is 22.1 Å². The van der Waals surface area contributed by atoms with Gasteiger partial charge in [-0.05, 0) is 61.4 Å². The van der Waals surface area contributed by atoms with Crippen molar-refractivity contribution in [2.45, 2.75) is 25.7 Å². The maximum atomic E-state index is 11.3. The number of carboxylic acids is 1. The molecule has 1 aromatic carbocycles. The summed E-state index contributed by atoms with van der Waals surface area (Å²) in [4.78, 5) is 18.5. The van der Waals surface area contributed by atoms with E-state index in [1.165, 1.54) is 25.7 Å². The van der Waals surface area contributed by atoms with E-state index in [0.29, 0.717) is 5.41 Å². The number of fused-ring (bicyclic) bond motifs is 3. The van der Waals surface area contributed by atoms with Crippen LogP contribution in [0.15, 0.2) is 36.5 Å². The zero-order chi connectivity index (χ0) is 16.3. The maximum Gasteiger partial charge on any atom is 0.335 e. The number of aromatic carboxylic acids is 1. The Labute approximate surface area is 139 Å². The molecule has 2 fully saturated rings. The summed E-state index contributed by atoms with van der Waals surface area (Å²) in [5.41, 5.74) is 3.68. The summed E-state index contributed by atoms with van der Waals surface area (Å²) in [6.45, 7) is 2.08. The number of aromatic nitrogens is 2. The van der Waals surface area contributed by atoms with Crippen LogP contribution in [-0.2, 0) is 0 Å². The van der Waals surface area contributed by atoms with E-state index in [0.717, 1.165) is 35.5 Å². The molecule has 1 N–H and O–H groups in total. The highest BCUT2D eigenvalue weighted by Crippen LogP contribution is 2.54. The molecular weight excluding hydrogens is 302 g/mol. The smallest absolute Gasteiger partial charge is 0.335 e. The van der Waals surface area contributed by atoms with E-state index in [4.69, 9.17) is 4.98 Å². The predicted octanol–water partition coefficient (Wildman–Crippen LogP) is 3.57. The minimum Gasteiger partial charge on any atom is -0.478 e. The third-order valence-electron chi connectivity index (χ3n) is 5.77. The summed E-state index contributed by atoms with van der Waals surface area (Å²) in [5, 5.41) is 9.26. The van der Waals surface area contributed by atoms with E-state index in [9.17, 15) is 9.90 Å². The standard InChI is InChI=1S/C19H19N3O2/c23-18(24)13-3-4-15-14(12-13)20-17(16-2-1-9-22(15)16)21-10-7-19(5-6-19)8-11-21/h1-4,9,12H,5-8,10-11H2,(H,23,24). The molecule has 2 aliphatic rings. The monoisotopic (exact) mass is 321 g/mol. The lowest BCUT2D eigenvalue weighted by Gasteiger charge is -2.33. The van der Waals surface area contributed by atoms with Crippen molar-refractivity contribution < 1.29 is 9.90 Å². The molecular formula is C19H19N3O2. The van der Waals surface area contributed by atoms with Crippen molar-refractivity contribution in [3.8, 4) is 0 Å². The molecule has 1 spiro atoms. The van der Waals surface area contributed by atoms with E-state index in [-0.39, 0.29) is 5.56 Å². The van der Waals surface area contributed by atoms with Crippen LogP contribution in [0.3, 0.4) is 0 Å². The molecule has 5 rings (SSSR count). The van der Waals surface area contributed by atoms with Gasteiger partial charge in [0.2, 0.25) is 0 Å². The maximum absolute atomic E-state index is 11.3. The SMILES string of the molecule is O=C(O)c1ccc2c(c1)nc(N1CCC3(CC1)CC3)c1cccn12. The molecule has 24 heavy (non-hydrogen) atoms. The van der Waals surface area contributed by atoms with E-state index in [1.54, 1.807) is 12.1 Å². The van der Waals surface area contributed by atoms with Crippen LogP contribution in [-0.4, -0.2) is 33.6 Å². The van der Waals surface area contributed by atoms with Crippen LogP contribution in [0.2, 0.25) is 0 Å². The highest BCUT2D eigenvalue weighted by atomic mass is 16.4. The summed E-state index contributed by atoms with van der Waals surface area (Å²) in [6.07, 6.45) is 7.28. The van der Waals surface area contributed by atoms with Crippen LogP contribution in [0.4, 0.5) is 5.82 Å². The Morgan fingerprint density at radius 1 is 1.08 bits per heavy atom. The number of piperidine rings is 1. The van der Waals surface area contributed by atoms with Crippen LogP contribution in [0.5, 0.6) is 0 Å². The quantitative estimate of drug-likeness (QED) is 0.784. The van der Waals surface area contributed by atoms with Crippen molar-refractivity contribution in [1.29, 1.82) is 0 Å². The number of carboxylic acid groups (broad SMARTS) is 1. The number of carbonyl (C=O) groups is 1. The second-order valence-electron chi connectivity index (χ2n) is 7.19. The second kappa shape index (κ2) is 4.72.